The lowest BCUT2D eigenvalue weighted by molar-refractivity contribution is -0.0906. The van der Waals surface area contributed by atoms with Gasteiger partial charge in [0.2, 0.25) is 0 Å². The van der Waals surface area contributed by atoms with Crippen LogP contribution in [0.4, 0.5) is 0 Å². The summed E-state index contributed by atoms with van der Waals surface area (Å²) in [6, 6.07) is 2.25. The van der Waals surface area contributed by atoms with E-state index < -0.39 is 0 Å². The van der Waals surface area contributed by atoms with Crippen LogP contribution in [0.2, 0.25) is 0 Å². The molecule has 0 aromatic carbocycles. The van der Waals surface area contributed by atoms with E-state index in [-0.39, 0.29) is 11.5 Å². The second kappa shape index (κ2) is 6.99. The maximum Gasteiger partial charge on any atom is 0.274 e. The number of nitrogens with zero attached hydrogens (tertiary/aromatic N) is 4. The molecule has 7 nitrogen and oxygen atoms in total. The number of carbonyl (C=O) groups excluding carboxylic acids is 1. The van der Waals surface area contributed by atoms with Gasteiger partial charge >= 0.3 is 0 Å². The maximum absolute atomic E-state index is 13.1. The van der Waals surface area contributed by atoms with E-state index in [9.17, 15) is 4.79 Å². The predicted octanol–water partition coefficient (Wildman–Crippen LogP) is 3.12. The number of likely N-dealkylation sites (tertiary alicyclic amines) is 1. The van der Waals surface area contributed by atoms with Crippen LogP contribution in [0.1, 0.15) is 51.4 Å². The topological polar surface area (TPSA) is 84.0 Å². The highest BCUT2D eigenvalue weighted by atomic mass is 32.1. The normalized spacial score (nSPS) is 19.7. The number of carbonyl (C=O) groups is 1. The van der Waals surface area contributed by atoms with Crippen LogP contribution >= 0.6 is 11.3 Å². The Kier molecular flexibility index (Phi) is 4.24. The first-order valence-electron chi connectivity index (χ1n) is 10.6. The highest BCUT2D eigenvalue weighted by molar-refractivity contribution is 7.15. The van der Waals surface area contributed by atoms with E-state index >= 15 is 0 Å². The Hall–Kier alpha value is -2.58. The lowest BCUT2D eigenvalue weighted by Gasteiger charge is -2.43. The number of hydrogen-bond donors (Lipinski definition) is 1. The summed E-state index contributed by atoms with van der Waals surface area (Å²) in [7, 11) is 0. The molecule has 3 aliphatic rings. The average Bonchev–Trinajstić information content (AvgIpc) is 3.51. The van der Waals surface area contributed by atoms with Gasteiger partial charge in [0, 0.05) is 41.6 Å². The molecule has 6 rings (SSSR count). The van der Waals surface area contributed by atoms with Crippen molar-refractivity contribution >= 4 is 17.2 Å². The van der Waals surface area contributed by atoms with Gasteiger partial charge in [-0.05, 0) is 50.2 Å². The molecule has 8 heteroatoms. The summed E-state index contributed by atoms with van der Waals surface area (Å²) in [6.45, 7) is 2.11. The number of fused-ring (bicyclic) bond motifs is 3. The average molecular weight is 422 g/mol. The fourth-order valence-electron chi connectivity index (χ4n) is 5.06. The zero-order valence-corrected chi connectivity index (χ0v) is 17.5. The molecular weight excluding hydrogens is 398 g/mol. The smallest absolute Gasteiger partial charge is 0.274 e. The molecule has 1 fully saturated rings. The molecule has 1 amide bonds. The van der Waals surface area contributed by atoms with E-state index in [1.807, 2.05) is 11.1 Å². The van der Waals surface area contributed by atoms with Gasteiger partial charge in [-0.3, -0.25) is 19.9 Å². The van der Waals surface area contributed by atoms with E-state index in [0.29, 0.717) is 18.8 Å². The molecule has 1 spiro atoms. The van der Waals surface area contributed by atoms with E-state index in [2.05, 4.69) is 26.2 Å². The van der Waals surface area contributed by atoms with Crippen LogP contribution in [0.15, 0.2) is 24.7 Å². The van der Waals surface area contributed by atoms with Crippen LogP contribution in [0.25, 0.3) is 10.6 Å². The van der Waals surface area contributed by atoms with Crippen LogP contribution in [-0.2, 0) is 29.6 Å². The molecule has 0 unspecified atom stereocenters. The zero-order chi connectivity index (χ0) is 20.1. The van der Waals surface area contributed by atoms with Crippen molar-refractivity contribution in [2.24, 2.45) is 0 Å². The number of ether oxygens (including phenoxy) is 1. The summed E-state index contributed by atoms with van der Waals surface area (Å²) >= 11 is 1.77. The molecule has 0 atom stereocenters. The number of hydrogen-bond acceptors (Lipinski definition) is 6. The van der Waals surface area contributed by atoms with E-state index in [0.717, 1.165) is 67.0 Å². The Bertz CT molecular complexity index is 1100. The number of piperidine rings is 1. The highest BCUT2D eigenvalue weighted by Gasteiger charge is 2.44. The Morgan fingerprint density at radius 3 is 2.93 bits per heavy atom. The first-order valence-corrected chi connectivity index (χ1v) is 11.4. The summed E-state index contributed by atoms with van der Waals surface area (Å²) in [5.74, 6) is 0.0618. The lowest BCUT2D eigenvalue weighted by atomic mass is 9.85. The van der Waals surface area contributed by atoms with Gasteiger partial charge in [-0.15, -0.1) is 11.3 Å². The summed E-state index contributed by atoms with van der Waals surface area (Å²) in [6.07, 6.45) is 10.9. The van der Waals surface area contributed by atoms with Gasteiger partial charge in [0.15, 0.2) is 5.69 Å². The minimum atomic E-state index is -0.289. The third-order valence-corrected chi connectivity index (χ3v) is 8.04. The third kappa shape index (κ3) is 2.81. The quantitative estimate of drug-likeness (QED) is 0.687. The predicted molar refractivity (Wildman–Crippen MR) is 112 cm³/mol. The Labute approximate surface area is 178 Å². The molecule has 1 saturated heterocycles. The number of aromatic amines is 1. The van der Waals surface area contributed by atoms with Gasteiger partial charge in [-0.25, -0.2) is 0 Å². The number of rotatable bonds is 2. The molecule has 3 aromatic heterocycles. The summed E-state index contributed by atoms with van der Waals surface area (Å²) in [5, 5.41) is 7.39. The number of nitrogens with one attached hydrogen (secondary N) is 1. The number of H-pyrrole nitrogens is 1. The number of aryl methyl sites for hydroxylation is 1. The zero-order valence-electron chi connectivity index (χ0n) is 16.7. The lowest BCUT2D eigenvalue weighted by Crippen LogP contribution is -2.48. The van der Waals surface area contributed by atoms with Gasteiger partial charge < -0.3 is 9.64 Å². The minimum absolute atomic E-state index is 0.0618. The van der Waals surface area contributed by atoms with Gasteiger partial charge in [-0.2, -0.15) is 5.10 Å². The highest BCUT2D eigenvalue weighted by Crippen LogP contribution is 2.47. The van der Waals surface area contributed by atoms with Crippen LogP contribution < -0.4 is 0 Å². The second-order valence-electron chi connectivity index (χ2n) is 8.32. The minimum Gasteiger partial charge on any atom is -0.369 e. The van der Waals surface area contributed by atoms with E-state index in [4.69, 9.17) is 4.74 Å². The van der Waals surface area contributed by atoms with Crippen molar-refractivity contribution in [3.8, 4) is 10.6 Å². The Morgan fingerprint density at radius 1 is 1.20 bits per heavy atom. The standard InChI is InChI=1S/C22H23N5O2S/c28-21(19-15-2-1-3-16(15)25-26-19)27-9-5-22(6-10-27)20-14(4-11-29-22)12-18(30-20)17-13-23-7-8-24-17/h7-8,12-13H,1-6,9-11H2,(H,25,26). The van der Waals surface area contributed by atoms with Crippen molar-refractivity contribution in [1.82, 2.24) is 25.1 Å². The molecule has 3 aromatic rings. The molecule has 0 saturated carbocycles. The number of aromatic nitrogens is 4. The first kappa shape index (κ1) is 18.2. The molecule has 30 heavy (non-hydrogen) atoms. The number of amides is 1. The second-order valence-corrected chi connectivity index (χ2v) is 9.38. The van der Waals surface area contributed by atoms with E-state index in [1.54, 1.807) is 23.7 Å². The molecule has 1 N–H and O–H groups in total. The molecule has 154 valence electrons. The van der Waals surface area contributed by atoms with Crippen molar-refractivity contribution in [2.45, 2.75) is 44.1 Å². The fraction of sp³-hybridized carbons (Fsp3) is 0.455. The third-order valence-electron chi connectivity index (χ3n) is 6.66. The molecule has 2 aliphatic heterocycles. The molecule has 1 aliphatic carbocycles. The van der Waals surface area contributed by atoms with Crippen LogP contribution in [0.5, 0.6) is 0 Å². The summed E-state index contributed by atoms with van der Waals surface area (Å²) in [5.41, 5.74) is 4.88. The summed E-state index contributed by atoms with van der Waals surface area (Å²) in [4.78, 5) is 26.2. The maximum atomic E-state index is 13.1. The van der Waals surface area contributed by atoms with Gasteiger partial charge in [0.25, 0.3) is 5.91 Å². The molecule has 0 bridgehead atoms. The van der Waals surface area contributed by atoms with Gasteiger partial charge in [0.1, 0.15) is 5.60 Å². The van der Waals surface area contributed by atoms with Crippen molar-refractivity contribution < 1.29 is 9.53 Å². The van der Waals surface area contributed by atoms with Crippen molar-refractivity contribution in [2.75, 3.05) is 19.7 Å². The van der Waals surface area contributed by atoms with Crippen LogP contribution in [0, 0.1) is 0 Å². The van der Waals surface area contributed by atoms with E-state index in [1.165, 1.54) is 10.4 Å². The fourth-order valence-corrected chi connectivity index (χ4v) is 6.44. The Morgan fingerprint density at radius 2 is 2.10 bits per heavy atom. The summed E-state index contributed by atoms with van der Waals surface area (Å²) < 4.78 is 6.39. The molecule has 5 heterocycles. The largest absolute Gasteiger partial charge is 0.369 e. The Balaban J connectivity index is 1.24. The SMILES string of the molecule is O=C(c1n[nH]c2c1CCC2)N1CCC2(CC1)OCCc1cc(-c3cnccn3)sc12. The monoisotopic (exact) mass is 421 g/mol. The van der Waals surface area contributed by atoms with Gasteiger partial charge in [0.05, 0.1) is 23.4 Å². The van der Waals surface area contributed by atoms with Crippen molar-refractivity contribution in [3.05, 3.63) is 52.0 Å². The molecular formula is C22H23N5O2S. The first-order chi connectivity index (χ1) is 14.7. The number of thiophene rings is 1. The van der Waals surface area contributed by atoms with Crippen LogP contribution in [-0.4, -0.2) is 50.7 Å². The van der Waals surface area contributed by atoms with Crippen molar-refractivity contribution in [1.29, 1.82) is 0 Å². The van der Waals surface area contributed by atoms with Crippen LogP contribution in [0.3, 0.4) is 0 Å². The molecule has 0 radical (unpaired) electrons. The van der Waals surface area contributed by atoms with Crippen molar-refractivity contribution in [3.63, 3.8) is 0 Å². The van der Waals surface area contributed by atoms with Gasteiger partial charge in [-0.1, -0.05) is 0 Å².